The second kappa shape index (κ2) is 5.69. The molecule has 18 heavy (non-hydrogen) atoms. The van der Waals surface area contributed by atoms with Gasteiger partial charge in [-0.15, -0.1) is 0 Å². The molecule has 0 radical (unpaired) electrons. The number of carbonyl (C=O) groups is 1. The van der Waals surface area contributed by atoms with E-state index in [4.69, 9.17) is 4.74 Å². The average Bonchev–Trinajstić information content (AvgIpc) is 2.39. The molecule has 0 amide bonds. The Morgan fingerprint density at radius 1 is 1.56 bits per heavy atom. The van der Waals surface area contributed by atoms with Gasteiger partial charge in [0.05, 0.1) is 7.11 Å². The highest BCUT2D eigenvalue weighted by molar-refractivity contribution is 9.10. The van der Waals surface area contributed by atoms with Crippen LogP contribution in [-0.2, 0) is 4.74 Å². The number of methoxy groups -OCH3 is 1. The maximum absolute atomic E-state index is 11.8. The number of anilines is 1. The molecular formula is C13H17BrN2O2. The molecule has 4 nitrogen and oxygen atoms in total. The fourth-order valence-corrected chi connectivity index (χ4v) is 2.67. The fraction of sp³-hybridized carbons (Fsp3) is 0.538. The van der Waals surface area contributed by atoms with Crippen molar-refractivity contribution in [3.63, 3.8) is 0 Å². The predicted molar refractivity (Wildman–Crippen MR) is 73.9 cm³/mol. The monoisotopic (exact) mass is 312 g/mol. The molecule has 1 saturated heterocycles. The first-order valence-corrected chi connectivity index (χ1v) is 6.93. The Morgan fingerprint density at radius 3 is 3.00 bits per heavy atom. The largest absolute Gasteiger partial charge is 0.465 e. The molecule has 1 aromatic heterocycles. The van der Waals surface area contributed by atoms with Gasteiger partial charge in [-0.25, -0.2) is 9.78 Å². The van der Waals surface area contributed by atoms with Crippen molar-refractivity contribution in [2.24, 2.45) is 0 Å². The Balaban J connectivity index is 2.39. The highest BCUT2D eigenvalue weighted by Gasteiger charge is 2.25. The molecule has 1 aliphatic rings. The third-order valence-electron chi connectivity index (χ3n) is 3.31. The van der Waals surface area contributed by atoms with Gasteiger partial charge in [0.2, 0.25) is 0 Å². The quantitative estimate of drug-likeness (QED) is 0.787. The molecule has 5 heteroatoms. The lowest BCUT2D eigenvalue weighted by atomic mass is 10.0. The zero-order valence-electron chi connectivity index (χ0n) is 10.6. The second-order valence-electron chi connectivity index (χ2n) is 4.55. The summed E-state index contributed by atoms with van der Waals surface area (Å²) in [7, 11) is 1.40. The molecule has 0 saturated carbocycles. The number of carbonyl (C=O) groups excluding carboxylic acids is 1. The van der Waals surface area contributed by atoms with Crippen molar-refractivity contribution in [3.8, 4) is 0 Å². The predicted octanol–water partition coefficient (Wildman–Crippen LogP) is 3.01. The van der Waals surface area contributed by atoms with E-state index in [-0.39, 0.29) is 5.97 Å². The Labute approximate surface area is 115 Å². The summed E-state index contributed by atoms with van der Waals surface area (Å²) in [5, 5.41) is 0. The molecule has 0 aromatic carbocycles. The van der Waals surface area contributed by atoms with Crippen molar-refractivity contribution in [1.29, 1.82) is 0 Å². The van der Waals surface area contributed by atoms with Gasteiger partial charge in [0.15, 0.2) is 0 Å². The number of nitrogens with zero attached hydrogens (tertiary/aromatic N) is 2. The van der Waals surface area contributed by atoms with Crippen LogP contribution in [0.4, 0.5) is 5.82 Å². The third-order valence-corrected chi connectivity index (χ3v) is 3.75. The normalized spacial score (nSPS) is 19.7. The van der Waals surface area contributed by atoms with Gasteiger partial charge in [-0.3, -0.25) is 0 Å². The Kier molecular flexibility index (Phi) is 4.22. The van der Waals surface area contributed by atoms with E-state index >= 15 is 0 Å². The molecular weight excluding hydrogens is 296 g/mol. The van der Waals surface area contributed by atoms with Gasteiger partial charge in [-0.2, -0.15) is 0 Å². The van der Waals surface area contributed by atoms with Crippen LogP contribution in [0.15, 0.2) is 16.7 Å². The van der Waals surface area contributed by atoms with Crippen molar-refractivity contribution in [2.45, 2.75) is 32.2 Å². The summed E-state index contributed by atoms with van der Waals surface area (Å²) in [6.07, 6.45) is 5.24. The number of rotatable bonds is 2. The van der Waals surface area contributed by atoms with Crippen LogP contribution in [0.3, 0.4) is 0 Å². The summed E-state index contributed by atoms with van der Waals surface area (Å²) < 4.78 is 5.62. The van der Waals surface area contributed by atoms with E-state index in [0.717, 1.165) is 29.7 Å². The highest BCUT2D eigenvalue weighted by Crippen LogP contribution is 2.28. The number of halogens is 1. The summed E-state index contributed by atoms with van der Waals surface area (Å²) in [6.45, 7) is 3.11. The van der Waals surface area contributed by atoms with Crippen molar-refractivity contribution in [1.82, 2.24) is 4.98 Å². The second-order valence-corrected chi connectivity index (χ2v) is 5.47. The van der Waals surface area contributed by atoms with E-state index in [2.05, 4.69) is 32.7 Å². The SMILES string of the molecule is COC(=O)c1cc(Br)cnc1N1CCCCC1C. The van der Waals surface area contributed by atoms with E-state index < -0.39 is 0 Å². The first-order valence-electron chi connectivity index (χ1n) is 6.14. The first-order chi connectivity index (χ1) is 8.63. The Morgan fingerprint density at radius 2 is 2.33 bits per heavy atom. The van der Waals surface area contributed by atoms with Crippen LogP contribution in [0.25, 0.3) is 0 Å². The van der Waals surface area contributed by atoms with Crippen molar-refractivity contribution >= 4 is 27.7 Å². The molecule has 0 N–H and O–H groups in total. The summed E-state index contributed by atoms with van der Waals surface area (Å²) in [6, 6.07) is 2.19. The van der Waals surface area contributed by atoms with Gasteiger partial charge in [0.25, 0.3) is 0 Å². The van der Waals surface area contributed by atoms with Gasteiger partial charge in [0, 0.05) is 23.3 Å². The van der Waals surface area contributed by atoms with Gasteiger partial charge in [-0.1, -0.05) is 0 Å². The lowest BCUT2D eigenvalue weighted by Crippen LogP contribution is -2.39. The number of hydrogen-bond donors (Lipinski definition) is 0. The molecule has 0 bridgehead atoms. The smallest absolute Gasteiger partial charge is 0.341 e. The van der Waals surface area contributed by atoms with Gasteiger partial charge >= 0.3 is 5.97 Å². The van der Waals surface area contributed by atoms with Crippen LogP contribution >= 0.6 is 15.9 Å². The van der Waals surface area contributed by atoms with E-state index in [1.807, 2.05) is 0 Å². The number of ether oxygens (including phenoxy) is 1. The minimum absolute atomic E-state index is 0.337. The minimum atomic E-state index is -0.337. The van der Waals surface area contributed by atoms with E-state index in [1.165, 1.54) is 13.5 Å². The third kappa shape index (κ3) is 2.66. The molecule has 2 rings (SSSR count). The number of esters is 1. The summed E-state index contributed by atoms with van der Waals surface area (Å²) in [5.74, 6) is 0.397. The van der Waals surface area contributed by atoms with Gasteiger partial charge in [-0.05, 0) is 48.2 Å². The first kappa shape index (κ1) is 13.3. The van der Waals surface area contributed by atoms with E-state index in [0.29, 0.717) is 11.6 Å². The fourth-order valence-electron chi connectivity index (χ4n) is 2.33. The molecule has 1 aromatic rings. The summed E-state index contributed by atoms with van der Waals surface area (Å²) >= 11 is 3.34. The molecule has 1 fully saturated rings. The Bertz CT molecular complexity index is 451. The lowest BCUT2D eigenvalue weighted by molar-refractivity contribution is 0.0600. The van der Waals surface area contributed by atoms with Crippen LogP contribution in [0.2, 0.25) is 0 Å². The van der Waals surface area contributed by atoms with E-state index in [9.17, 15) is 4.79 Å². The molecule has 0 aliphatic carbocycles. The summed E-state index contributed by atoms with van der Waals surface area (Å²) in [4.78, 5) is 18.4. The van der Waals surface area contributed by atoms with E-state index in [1.54, 1.807) is 12.3 Å². The maximum Gasteiger partial charge on any atom is 0.341 e. The molecule has 98 valence electrons. The summed E-state index contributed by atoms with van der Waals surface area (Å²) in [5.41, 5.74) is 0.528. The zero-order valence-corrected chi connectivity index (χ0v) is 12.2. The van der Waals surface area contributed by atoms with Crippen molar-refractivity contribution in [2.75, 3.05) is 18.6 Å². The zero-order chi connectivity index (χ0) is 13.1. The van der Waals surface area contributed by atoms with Crippen LogP contribution in [0.1, 0.15) is 36.5 Å². The van der Waals surface area contributed by atoms with Gasteiger partial charge < -0.3 is 9.64 Å². The maximum atomic E-state index is 11.8. The Hall–Kier alpha value is -1.10. The molecule has 1 unspecified atom stereocenters. The van der Waals surface area contributed by atoms with Crippen molar-refractivity contribution < 1.29 is 9.53 Å². The topological polar surface area (TPSA) is 42.4 Å². The molecule has 0 spiro atoms. The number of hydrogen-bond acceptors (Lipinski definition) is 4. The molecule has 2 heterocycles. The van der Waals surface area contributed by atoms with Crippen LogP contribution in [0.5, 0.6) is 0 Å². The van der Waals surface area contributed by atoms with Crippen LogP contribution in [0, 0.1) is 0 Å². The van der Waals surface area contributed by atoms with Gasteiger partial charge in [0.1, 0.15) is 11.4 Å². The lowest BCUT2D eigenvalue weighted by Gasteiger charge is -2.35. The number of aromatic nitrogens is 1. The number of piperidine rings is 1. The van der Waals surface area contributed by atoms with Crippen molar-refractivity contribution in [3.05, 3.63) is 22.3 Å². The minimum Gasteiger partial charge on any atom is -0.465 e. The van der Waals surface area contributed by atoms with Crippen LogP contribution < -0.4 is 4.90 Å². The van der Waals surface area contributed by atoms with Crippen LogP contribution in [-0.4, -0.2) is 30.6 Å². The molecule has 1 atom stereocenters. The highest BCUT2D eigenvalue weighted by atomic mass is 79.9. The number of pyridine rings is 1. The molecule has 1 aliphatic heterocycles. The average molecular weight is 313 g/mol. The standard InChI is InChI=1S/C13H17BrN2O2/c1-9-5-3-4-6-16(9)12-11(13(17)18-2)7-10(14)8-15-12/h7-9H,3-6H2,1-2H3.